The summed E-state index contributed by atoms with van der Waals surface area (Å²) in [6.07, 6.45) is -1.28. The van der Waals surface area contributed by atoms with Crippen LogP contribution in [0.25, 0.3) is 0 Å². The highest BCUT2D eigenvalue weighted by Crippen LogP contribution is 1.94. The van der Waals surface area contributed by atoms with E-state index in [1.807, 2.05) is 0 Å². The van der Waals surface area contributed by atoms with Crippen LogP contribution in [0.2, 0.25) is 0 Å². The molecule has 0 unspecified atom stereocenters. The SMILES string of the molecule is O=c1cc[c]cn1CC(F)F. The summed E-state index contributed by atoms with van der Waals surface area (Å²) in [4.78, 5) is 10.8. The zero-order valence-electron chi connectivity index (χ0n) is 5.63. The minimum Gasteiger partial charge on any atom is -0.309 e. The average Bonchev–Trinajstić information content (AvgIpc) is 1.93. The van der Waals surface area contributed by atoms with Gasteiger partial charge in [-0.3, -0.25) is 4.79 Å². The Balaban J connectivity index is 2.87. The third kappa shape index (κ3) is 2.14. The average molecular weight is 158 g/mol. The van der Waals surface area contributed by atoms with Gasteiger partial charge in [-0.15, -0.1) is 0 Å². The number of halogens is 2. The van der Waals surface area contributed by atoms with E-state index in [2.05, 4.69) is 6.07 Å². The highest BCUT2D eigenvalue weighted by molar-refractivity contribution is 4.91. The molecular weight excluding hydrogens is 152 g/mol. The number of hydrogen-bond acceptors (Lipinski definition) is 1. The quantitative estimate of drug-likeness (QED) is 0.627. The molecule has 1 radical (unpaired) electrons. The monoisotopic (exact) mass is 158 g/mol. The molecule has 0 saturated carbocycles. The summed E-state index contributed by atoms with van der Waals surface area (Å²) in [5, 5.41) is 0. The van der Waals surface area contributed by atoms with Gasteiger partial charge in [-0.25, -0.2) is 8.78 Å². The maximum atomic E-state index is 11.7. The Labute approximate surface area is 62.1 Å². The zero-order chi connectivity index (χ0) is 8.27. The Morgan fingerprint density at radius 2 is 2.36 bits per heavy atom. The maximum Gasteiger partial charge on any atom is 0.256 e. The zero-order valence-corrected chi connectivity index (χ0v) is 5.63. The van der Waals surface area contributed by atoms with Gasteiger partial charge in [-0.2, -0.15) is 0 Å². The predicted molar refractivity (Wildman–Crippen MR) is 35.5 cm³/mol. The van der Waals surface area contributed by atoms with Crippen LogP contribution < -0.4 is 5.56 Å². The molecule has 0 N–H and O–H groups in total. The normalized spacial score (nSPS) is 10.5. The smallest absolute Gasteiger partial charge is 0.256 e. The van der Waals surface area contributed by atoms with Gasteiger partial charge >= 0.3 is 0 Å². The number of alkyl halides is 2. The first kappa shape index (κ1) is 7.91. The molecule has 1 aromatic rings. The molecule has 1 rings (SSSR count). The van der Waals surface area contributed by atoms with Crippen molar-refractivity contribution < 1.29 is 8.78 Å². The van der Waals surface area contributed by atoms with Crippen molar-refractivity contribution in [1.29, 1.82) is 0 Å². The topological polar surface area (TPSA) is 22.0 Å². The van der Waals surface area contributed by atoms with Gasteiger partial charge in [0, 0.05) is 12.3 Å². The van der Waals surface area contributed by atoms with Crippen LogP contribution in [-0.4, -0.2) is 11.0 Å². The lowest BCUT2D eigenvalue weighted by atomic mass is 10.4. The van der Waals surface area contributed by atoms with Crippen molar-refractivity contribution in [1.82, 2.24) is 4.57 Å². The summed E-state index contributed by atoms with van der Waals surface area (Å²) >= 11 is 0. The number of nitrogens with zero attached hydrogens (tertiary/aromatic N) is 1. The van der Waals surface area contributed by atoms with Gasteiger partial charge in [-0.1, -0.05) is 0 Å². The van der Waals surface area contributed by atoms with E-state index in [1.165, 1.54) is 18.3 Å². The van der Waals surface area contributed by atoms with E-state index in [-0.39, 0.29) is 0 Å². The van der Waals surface area contributed by atoms with Crippen LogP contribution in [0, 0.1) is 6.07 Å². The molecule has 11 heavy (non-hydrogen) atoms. The summed E-state index contributed by atoms with van der Waals surface area (Å²) in [5.74, 6) is 0. The fraction of sp³-hybridized carbons (Fsp3) is 0.286. The molecule has 0 aromatic carbocycles. The second-order valence-corrected chi connectivity index (χ2v) is 2.01. The van der Waals surface area contributed by atoms with Gasteiger partial charge in [0.25, 0.3) is 12.0 Å². The van der Waals surface area contributed by atoms with Gasteiger partial charge in [-0.05, 0) is 12.1 Å². The molecule has 0 fully saturated rings. The largest absolute Gasteiger partial charge is 0.309 e. The predicted octanol–water partition coefficient (Wildman–Crippen LogP) is 0.914. The fourth-order valence-electron chi connectivity index (χ4n) is 0.703. The van der Waals surface area contributed by atoms with Crippen molar-refractivity contribution in [2.45, 2.75) is 13.0 Å². The highest BCUT2D eigenvalue weighted by atomic mass is 19.3. The molecule has 59 valence electrons. The second-order valence-electron chi connectivity index (χ2n) is 2.01. The van der Waals surface area contributed by atoms with E-state index in [4.69, 9.17) is 0 Å². The van der Waals surface area contributed by atoms with Crippen LogP contribution in [0.15, 0.2) is 23.1 Å². The molecule has 0 amide bonds. The van der Waals surface area contributed by atoms with Crippen LogP contribution in [0.5, 0.6) is 0 Å². The Hall–Kier alpha value is -1.19. The molecule has 0 aliphatic rings. The lowest BCUT2D eigenvalue weighted by Gasteiger charge is -2.01. The first-order valence-electron chi connectivity index (χ1n) is 3.05. The van der Waals surface area contributed by atoms with Crippen molar-refractivity contribution in [2.75, 3.05) is 0 Å². The van der Waals surface area contributed by atoms with Crippen molar-refractivity contribution in [3.8, 4) is 0 Å². The standard InChI is InChI=1S/C7H6F2NO/c8-6(9)5-10-4-2-1-3-7(10)11/h1,3-4,6H,5H2. The fourth-order valence-corrected chi connectivity index (χ4v) is 0.703. The summed E-state index contributed by atoms with van der Waals surface area (Å²) in [6.45, 7) is -0.559. The number of pyridine rings is 1. The van der Waals surface area contributed by atoms with E-state index >= 15 is 0 Å². The Morgan fingerprint density at radius 3 is 2.91 bits per heavy atom. The van der Waals surface area contributed by atoms with Gasteiger partial charge < -0.3 is 4.57 Å². The van der Waals surface area contributed by atoms with Crippen molar-refractivity contribution in [2.24, 2.45) is 0 Å². The molecule has 2 nitrogen and oxygen atoms in total. The van der Waals surface area contributed by atoms with E-state index in [0.717, 1.165) is 4.57 Å². The molecule has 0 aliphatic heterocycles. The van der Waals surface area contributed by atoms with E-state index < -0.39 is 18.5 Å². The second kappa shape index (κ2) is 3.27. The number of aromatic nitrogens is 1. The van der Waals surface area contributed by atoms with Gasteiger partial charge in [0.15, 0.2) is 0 Å². The molecule has 0 spiro atoms. The lowest BCUT2D eigenvalue weighted by molar-refractivity contribution is 0.125. The molecule has 0 aliphatic carbocycles. The summed E-state index contributed by atoms with van der Waals surface area (Å²) in [6, 6.07) is 5.13. The minimum absolute atomic E-state index is 0.427. The first-order chi connectivity index (χ1) is 5.20. The van der Waals surface area contributed by atoms with Crippen molar-refractivity contribution in [3.63, 3.8) is 0 Å². The molecule has 1 heterocycles. The van der Waals surface area contributed by atoms with Crippen LogP contribution in [-0.2, 0) is 6.54 Å². The number of rotatable bonds is 2. The molecule has 0 atom stereocenters. The minimum atomic E-state index is -2.50. The Kier molecular flexibility index (Phi) is 2.36. The molecule has 0 saturated heterocycles. The third-order valence-electron chi connectivity index (χ3n) is 1.17. The van der Waals surface area contributed by atoms with E-state index in [9.17, 15) is 13.6 Å². The van der Waals surface area contributed by atoms with Gasteiger partial charge in [0.2, 0.25) is 0 Å². The van der Waals surface area contributed by atoms with Gasteiger partial charge in [0.1, 0.15) is 0 Å². The van der Waals surface area contributed by atoms with Crippen molar-refractivity contribution >= 4 is 0 Å². The molecular formula is C7H6F2NO. The summed E-state index contributed by atoms with van der Waals surface area (Å²) in [7, 11) is 0. The summed E-state index contributed by atoms with van der Waals surface area (Å²) in [5.41, 5.74) is -0.427. The van der Waals surface area contributed by atoms with Crippen molar-refractivity contribution in [3.05, 3.63) is 34.7 Å². The Morgan fingerprint density at radius 1 is 1.64 bits per heavy atom. The third-order valence-corrected chi connectivity index (χ3v) is 1.17. The van der Waals surface area contributed by atoms with Crippen LogP contribution in [0.1, 0.15) is 0 Å². The highest BCUT2D eigenvalue weighted by Gasteiger charge is 2.03. The Bertz CT molecular complexity index is 282. The molecule has 0 bridgehead atoms. The van der Waals surface area contributed by atoms with Crippen LogP contribution in [0.3, 0.4) is 0 Å². The van der Waals surface area contributed by atoms with E-state index in [1.54, 1.807) is 0 Å². The summed E-state index contributed by atoms with van der Waals surface area (Å²) < 4.78 is 24.4. The van der Waals surface area contributed by atoms with E-state index in [0.29, 0.717) is 0 Å². The molecule has 4 heteroatoms. The first-order valence-corrected chi connectivity index (χ1v) is 3.05. The molecule has 1 aromatic heterocycles. The van der Waals surface area contributed by atoms with Crippen LogP contribution >= 0.6 is 0 Å². The lowest BCUT2D eigenvalue weighted by Crippen LogP contribution is -2.21. The van der Waals surface area contributed by atoms with Crippen LogP contribution in [0.4, 0.5) is 8.78 Å². The number of hydrogen-bond donors (Lipinski definition) is 0. The van der Waals surface area contributed by atoms with Gasteiger partial charge in [0.05, 0.1) is 6.54 Å². The maximum absolute atomic E-state index is 11.7.